The number of anilines is 1. The van der Waals surface area contributed by atoms with Crippen LogP contribution in [0.1, 0.15) is 16.8 Å². The molecule has 106 valence electrons. The molecule has 0 radical (unpaired) electrons. The van der Waals surface area contributed by atoms with Gasteiger partial charge in [0.2, 0.25) is 0 Å². The fourth-order valence-electron chi connectivity index (χ4n) is 2.00. The lowest BCUT2D eigenvalue weighted by molar-refractivity contribution is 0.623. The summed E-state index contributed by atoms with van der Waals surface area (Å²) in [6.45, 7) is 9.71. The Balaban J connectivity index is 2.34. The third kappa shape index (κ3) is 3.18. The highest BCUT2D eigenvalue weighted by molar-refractivity contribution is 5.53. The topological polar surface area (TPSA) is 55.2 Å². The molecule has 5 heteroatoms. The van der Waals surface area contributed by atoms with Gasteiger partial charge in [-0.15, -0.1) is 0 Å². The summed E-state index contributed by atoms with van der Waals surface area (Å²) in [5.74, 6) is -0.0391. The number of aromatic nitrogens is 1. The van der Waals surface area contributed by atoms with Crippen molar-refractivity contribution >= 4 is 12.4 Å². The van der Waals surface area contributed by atoms with E-state index in [1.807, 2.05) is 30.2 Å². The van der Waals surface area contributed by atoms with Crippen molar-refractivity contribution in [2.75, 3.05) is 4.90 Å². The van der Waals surface area contributed by atoms with Gasteiger partial charge in [0.15, 0.2) is 0 Å². The van der Waals surface area contributed by atoms with Crippen molar-refractivity contribution in [3.05, 3.63) is 65.5 Å². The first kappa shape index (κ1) is 14.5. The fourth-order valence-corrected chi connectivity index (χ4v) is 2.00. The standard InChI is InChI=1S/C16H15FN4/c1-11-6-15(9-20-11)21(12(2)19-3)10-13-4-5-16(17)14(7-13)8-18/h4-7,9,20H,2-3,10H2,1H3. The number of H-pyrrole nitrogens is 1. The predicted molar refractivity (Wildman–Crippen MR) is 81.5 cm³/mol. The molecule has 0 unspecified atom stereocenters. The Kier molecular flexibility index (Phi) is 4.19. The second kappa shape index (κ2) is 6.06. The van der Waals surface area contributed by atoms with Crippen molar-refractivity contribution in [1.82, 2.24) is 4.98 Å². The number of hydrogen-bond acceptors (Lipinski definition) is 3. The molecular formula is C16H15FN4. The van der Waals surface area contributed by atoms with Crippen LogP contribution in [0.4, 0.5) is 10.1 Å². The summed E-state index contributed by atoms with van der Waals surface area (Å²) in [5.41, 5.74) is 2.70. The molecule has 1 N–H and O–H groups in total. The molecule has 0 spiro atoms. The maximum absolute atomic E-state index is 13.4. The normalized spacial score (nSPS) is 9.95. The van der Waals surface area contributed by atoms with E-state index in [1.54, 1.807) is 6.07 Å². The predicted octanol–water partition coefficient (Wildman–Crippen LogP) is 3.51. The quantitative estimate of drug-likeness (QED) is 0.853. The Bertz CT molecular complexity index is 724. The first-order valence-corrected chi connectivity index (χ1v) is 6.32. The number of aliphatic imine (C=N–C) groups is 1. The summed E-state index contributed by atoms with van der Waals surface area (Å²) in [5, 5.41) is 8.90. The monoisotopic (exact) mass is 282 g/mol. The molecule has 1 aromatic carbocycles. The minimum absolute atomic E-state index is 0.0230. The van der Waals surface area contributed by atoms with Crippen molar-refractivity contribution in [3.8, 4) is 6.07 Å². The second-order valence-electron chi connectivity index (χ2n) is 4.63. The van der Waals surface area contributed by atoms with Gasteiger partial charge in [0.1, 0.15) is 17.7 Å². The number of nitrogens with one attached hydrogen (secondary N) is 1. The highest BCUT2D eigenvalue weighted by Crippen LogP contribution is 2.23. The number of aryl methyl sites for hydroxylation is 1. The summed E-state index contributed by atoms with van der Waals surface area (Å²) in [6, 6.07) is 8.24. The number of aromatic amines is 1. The third-order valence-corrected chi connectivity index (χ3v) is 3.11. The zero-order valence-corrected chi connectivity index (χ0v) is 11.7. The molecule has 0 amide bonds. The van der Waals surface area contributed by atoms with Crippen molar-refractivity contribution in [2.24, 2.45) is 4.99 Å². The summed E-state index contributed by atoms with van der Waals surface area (Å²) >= 11 is 0. The highest BCUT2D eigenvalue weighted by Gasteiger charge is 2.13. The summed E-state index contributed by atoms with van der Waals surface area (Å²) in [7, 11) is 0. The molecular weight excluding hydrogens is 267 g/mol. The van der Waals surface area contributed by atoms with Crippen LogP contribution in [-0.2, 0) is 6.54 Å². The smallest absolute Gasteiger partial charge is 0.140 e. The molecule has 0 aliphatic carbocycles. The van der Waals surface area contributed by atoms with Crippen LogP contribution in [0.2, 0.25) is 0 Å². The van der Waals surface area contributed by atoms with Crippen LogP contribution in [0.25, 0.3) is 0 Å². The van der Waals surface area contributed by atoms with Crippen LogP contribution >= 0.6 is 0 Å². The Morgan fingerprint density at radius 3 is 2.81 bits per heavy atom. The van der Waals surface area contributed by atoms with Crippen LogP contribution < -0.4 is 4.90 Å². The van der Waals surface area contributed by atoms with Crippen LogP contribution in [-0.4, -0.2) is 11.7 Å². The van der Waals surface area contributed by atoms with E-state index in [2.05, 4.69) is 23.3 Å². The van der Waals surface area contributed by atoms with Gasteiger partial charge in [0.25, 0.3) is 0 Å². The van der Waals surface area contributed by atoms with Gasteiger partial charge in [-0.05, 0) is 37.4 Å². The van der Waals surface area contributed by atoms with Gasteiger partial charge >= 0.3 is 0 Å². The van der Waals surface area contributed by atoms with Gasteiger partial charge in [0.05, 0.1) is 11.3 Å². The lowest BCUT2D eigenvalue weighted by atomic mass is 10.1. The molecule has 0 bridgehead atoms. The molecule has 0 saturated heterocycles. The van der Waals surface area contributed by atoms with E-state index >= 15 is 0 Å². The minimum atomic E-state index is -0.522. The Hall–Kier alpha value is -2.87. The lowest BCUT2D eigenvalue weighted by Crippen LogP contribution is -2.19. The largest absolute Gasteiger partial charge is 0.363 e. The zero-order chi connectivity index (χ0) is 15.4. The maximum Gasteiger partial charge on any atom is 0.140 e. The van der Waals surface area contributed by atoms with E-state index in [0.29, 0.717) is 12.4 Å². The molecule has 0 saturated carbocycles. The third-order valence-electron chi connectivity index (χ3n) is 3.11. The van der Waals surface area contributed by atoms with E-state index in [4.69, 9.17) is 5.26 Å². The van der Waals surface area contributed by atoms with Gasteiger partial charge in [-0.1, -0.05) is 12.6 Å². The fraction of sp³-hybridized carbons (Fsp3) is 0.125. The second-order valence-corrected chi connectivity index (χ2v) is 4.63. The van der Waals surface area contributed by atoms with Gasteiger partial charge in [0, 0.05) is 18.4 Å². The lowest BCUT2D eigenvalue weighted by Gasteiger charge is -2.23. The summed E-state index contributed by atoms with van der Waals surface area (Å²) in [6.07, 6.45) is 1.83. The number of nitriles is 1. The first-order chi connectivity index (χ1) is 10.0. The van der Waals surface area contributed by atoms with Crippen molar-refractivity contribution in [1.29, 1.82) is 5.26 Å². The number of benzene rings is 1. The van der Waals surface area contributed by atoms with Gasteiger partial charge in [-0.3, -0.25) is 0 Å². The summed E-state index contributed by atoms with van der Waals surface area (Å²) < 4.78 is 13.4. The maximum atomic E-state index is 13.4. The molecule has 0 atom stereocenters. The van der Waals surface area contributed by atoms with Crippen LogP contribution in [0.3, 0.4) is 0 Å². The SMILES string of the molecule is C=NC(=C)N(Cc1ccc(F)c(C#N)c1)c1c[nH]c(C)c1. The zero-order valence-electron chi connectivity index (χ0n) is 11.7. The number of hydrogen-bond donors (Lipinski definition) is 1. The average Bonchev–Trinajstić information content (AvgIpc) is 2.91. The average molecular weight is 282 g/mol. The van der Waals surface area contributed by atoms with Gasteiger partial charge < -0.3 is 9.88 Å². The Morgan fingerprint density at radius 2 is 2.24 bits per heavy atom. The Labute approximate surface area is 122 Å². The first-order valence-electron chi connectivity index (χ1n) is 6.32. The summed E-state index contributed by atoms with van der Waals surface area (Å²) in [4.78, 5) is 8.79. The Morgan fingerprint density at radius 1 is 1.48 bits per heavy atom. The van der Waals surface area contributed by atoms with E-state index in [-0.39, 0.29) is 5.56 Å². The molecule has 0 fully saturated rings. The van der Waals surface area contributed by atoms with Gasteiger partial charge in [-0.25, -0.2) is 9.38 Å². The molecule has 21 heavy (non-hydrogen) atoms. The minimum Gasteiger partial charge on any atom is -0.363 e. The van der Waals surface area contributed by atoms with E-state index < -0.39 is 5.82 Å². The number of rotatable bonds is 5. The van der Waals surface area contributed by atoms with Crippen molar-refractivity contribution in [3.63, 3.8) is 0 Å². The molecule has 0 aliphatic rings. The van der Waals surface area contributed by atoms with E-state index in [9.17, 15) is 4.39 Å². The van der Waals surface area contributed by atoms with Gasteiger partial charge in [-0.2, -0.15) is 5.26 Å². The highest BCUT2D eigenvalue weighted by atomic mass is 19.1. The molecule has 2 aromatic rings. The number of halogens is 1. The van der Waals surface area contributed by atoms with Crippen LogP contribution in [0.5, 0.6) is 0 Å². The molecule has 4 nitrogen and oxygen atoms in total. The van der Waals surface area contributed by atoms with E-state index in [1.165, 1.54) is 12.1 Å². The molecule has 1 heterocycles. The van der Waals surface area contributed by atoms with E-state index in [0.717, 1.165) is 16.9 Å². The molecule has 0 aliphatic heterocycles. The molecule has 2 rings (SSSR count). The van der Waals surface area contributed by atoms with Crippen molar-refractivity contribution in [2.45, 2.75) is 13.5 Å². The van der Waals surface area contributed by atoms with Crippen LogP contribution in [0.15, 0.2) is 47.9 Å². The number of nitrogens with zero attached hydrogens (tertiary/aromatic N) is 3. The molecule has 1 aromatic heterocycles. The van der Waals surface area contributed by atoms with Crippen LogP contribution in [0, 0.1) is 24.1 Å². The van der Waals surface area contributed by atoms with Crippen molar-refractivity contribution < 1.29 is 4.39 Å².